The largest absolute Gasteiger partial charge is 0.461 e. The minimum absolute atomic E-state index is 0.680. The molecule has 2 heterocycles. The van der Waals surface area contributed by atoms with Gasteiger partial charge in [-0.2, -0.15) is 8.42 Å². The first-order valence-corrected chi connectivity index (χ1v) is 8.96. The molecule has 0 spiro atoms. The Hall–Kier alpha value is -0.980. The Bertz CT molecular complexity index is 624. The molecule has 2 rings (SSSR count). The van der Waals surface area contributed by atoms with E-state index in [4.69, 9.17) is 14.0 Å². The molecule has 2 aliphatic rings. The number of aliphatic hydroxyl groups is 6. The number of carbonyl (C=O) groups is 1. The van der Waals surface area contributed by atoms with Gasteiger partial charge in [0, 0.05) is 0 Å². The minimum atomic E-state index is -4.80. The van der Waals surface area contributed by atoms with Crippen LogP contribution in [0.3, 0.4) is 0 Å². The molecule has 15 heteroatoms. The second kappa shape index (κ2) is 8.58. The molecule has 1 unspecified atom stereocenters. The van der Waals surface area contributed by atoms with Crippen molar-refractivity contribution in [2.45, 2.75) is 55.1 Å². The van der Waals surface area contributed by atoms with Gasteiger partial charge in [0.2, 0.25) is 0 Å². The third-order valence-electron chi connectivity index (χ3n) is 4.05. The van der Waals surface area contributed by atoms with Gasteiger partial charge in [-0.3, -0.25) is 4.55 Å². The lowest BCUT2D eigenvalue weighted by Crippen LogP contribution is -2.60. The van der Waals surface area contributed by atoms with Crippen LogP contribution in [0, 0.1) is 0 Å². The maximum Gasteiger partial charge on any atom is 0.397 e. The third kappa shape index (κ3) is 5.30. The normalized spacial score (nSPS) is 42.9. The van der Waals surface area contributed by atoms with Crippen molar-refractivity contribution >= 4 is 16.4 Å². The van der Waals surface area contributed by atoms with Crippen molar-refractivity contribution in [3.63, 3.8) is 0 Å². The number of hydrogen-bond donors (Lipinski definition) is 7. The van der Waals surface area contributed by atoms with Gasteiger partial charge in [0.15, 0.2) is 12.4 Å². The maximum atomic E-state index is 11.9. The van der Waals surface area contributed by atoms with Crippen LogP contribution in [0.25, 0.3) is 0 Å². The third-order valence-corrected chi connectivity index (χ3v) is 4.49. The summed E-state index contributed by atoms with van der Waals surface area (Å²) in [5.74, 6) is -1.27. The average Bonchev–Trinajstić information content (AvgIpc) is 2.86. The molecule has 2 aliphatic heterocycles. The Labute approximate surface area is 152 Å². The van der Waals surface area contributed by atoms with Gasteiger partial charge in [0.05, 0.1) is 6.61 Å². The highest BCUT2D eigenvalue weighted by Crippen LogP contribution is 2.24. The summed E-state index contributed by atoms with van der Waals surface area (Å²) in [6, 6.07) is 0. The highest BCUT2D eigenvalue weighted by atomic mass is 32.3. The summed E-state index contributed by atoms with van der Waals surface area (Å²) in [7, 11) is -4.80. The zero-order chi connectivity index (χ0) is 20.5. The van der Waals surface area contributed by atoms with Crippen molar-refractivity contribution in [3.05, 3.63) is 0 Å². The van der Waals surface area contributed by atoms with Crippen LogP contribution < -0.4 is 0 Å². The van der Waals surface area contributed by atoms with Crippen molar-refractivity contribution < 1.29 is 66.8 Å². The van der Waals surface area contributed by atoms with Crippen molar-refractivity contribution in [2.75, 3.05) is 13.2 Å². The molecule has 0 amide bonds. The fourth-order valence-corrected chi connectivity index (χ4v) is 2.86. The maximum absolute atomic E-state index is 11.9. The molecule has 0 saturated carbocycles. The molecule has 158 valence electrons. The topological polar surface area (TPSA) is 230 Å². The number of hydrogen-bond acceptors (Lipinski definition) is 13. The molecule has 7 N–H and O–H groups in total. The average molecular weight is 420 g/mol. The predicted molar refractivity (Wildman–Crippen MR) is 78.0 cm³/mol. The monoisotopic (exact) mass is 420 g/mol. The molecule has 14 nitrogen and oxygen atoms in total. The molecule has 9 atom stereocenters. The van der Waals surface area contributed by atoms with Crippen molar-refractivity contribution in [3.8, 4) is 0 Å². The highest BCUT2D eigenvalue weighted by Gasteiger charge is 2.48. The van der Waals surface area contributed by atoms with Crippen LogP contribution in [0.15, 0.2) is 0 Å². The first-order chi connectivity index (χ1) is 12.4. The quantitative estimate of drug-likeness (QED) is 0.157. The van der Waals surface area contributed by atoms with Crippen molar-refractivity contribution in [2.24, 2.45) is 0 Å². The van der Waals surface area contributed by atoms with Crippen LogP contribution in [0.2, 0.25) is 0 Å². The smallest absolute Gasteiger partial charge is 0.397 e. The van der Waals surface area contributed by atoms with E-state index in [0.717, 1.165) is 0 Å². The second-order valence-electron chi connectivity index (χ2n) is 5.96. The van der Waals surface area contributed by atoms with Crippen LogP contribution in [-0.4, -0.2) is 118 Å². The number of esters is 1. The SMILES string of the molecule is O=C(OC[C@H]1O[C@H](COS(=O)(=O)O)[C@@H](O)[C@@H]1O)[C@@H]1OC(O)[C@H](O)[C@@H](O)[C@@H]1O. The Morgan fingerprint density at radius 2 is 1.37 bits per heavy atom. The van der Waals surface area contributed by atoms with Gasteiger partial charge < -0.3 is 44.8 Å². The van der Waals surface area contributed by atoms with Gasteiger partial charge in [0.25, 0.3) is 0 Å². The molecule has 0 aromatic carbocycles. The standard InChI is InChI=1S/C12H20O14S/c13-5-3(25-4(6(5)14)2-24-27(20,21)22)1-23-12(19)10-8(16)7(15)9(17)11(18)26-10/h3-11,13-18H,1-2H2,(H,20,21,22)/t3-,4-,5-,6-,7+,8+,9-,10-,11?/m1/s1. The second-order valence-corrected chi connectivity index (χ2v) is 7.05. The fraction of sp³-hybridized carbons (Fsp3) is 0.917. The minimum Gasteiger partial charge on any atom is -0.461 e. The number of aliphatic hydroxyl groups excluding tert-OH is 6. The molecule has 2 saturated heterocycles. The van der Waals surface area contributed by atoms with E-state index in [0.29, 0.717) is 0 Å². The number of carbonyl (C=O) groups excluding carboxylic acids is 1. The Kier molecular flexibility index (Phi) is 7.09. The molecule has 0 bridgehead atoms. The van der Waals surface area contributed by atoms with Gasteiger partial charge in [-0.15, -0.1) is 0 Å². The van der Waals surface area contributed by atoms with Gasteiger partial charge in [-0.25, -0.2) is 8.98 Å². The van der Waals surface area contributed by atoms with E-state index < -0.39 is 84.7 Å². The summed E-state index contributed by atoms with van der Waals surface area (Å²) in [4.78, 5) is 11.9. The summed E-state index contributed by atoms with van der Waals surface area (Å²) >= 11 is 0. The van der Waals surface area contributed by atoms with E-state index >= 15 is 0 Å². The van der Waals surface area contributed by atoms with Crippen LogP contribution in [-0.2, 0) is 33.6 Å². The Morgan fingerprint density at radius 3 is 1.93 bits per heavy atom. The summed E-state index contributed by atoms with van der Waals surface area (Å²) in [5, 5.41) is 57.5. The first kappa shape index (κ1) is 22.3. The van der Waals surface area contributed by atoms with Crippen molar-refractivity contribution in [1.82, 2.24) is 0 Å². The molecule has 27 heavy (non-hydrogen) atoms. The van der Waals surface area contributed by atoms with Gasteiger partial charge in [-0.1, -0.05) is 0 Å². The lowest BCUT2D eigenvalue weighted by molar-refractivity contribution is -0.281. The number of rotatable bonds is 6. The van der Waals surface area contributed by atoms with E-state index in [-0.39, 0.29) is 0 Å². The molecular formula is C12H20O14S. The summed E-state index contributed by atoms with van der Waals surface area (Å²) in [6.07, 6.45) is -15.4. The number of ether oxygens (including phenoxy) is 3. The first-order valence-electron chi connectivity index (χ1n) is 7.60. The summed E-state index contributed by atoms with van der Waals surface area (Å²) in [6.45, 7) is -1.50. The van der Waals surface area contributed by atoms with Crippen LogP contribution in [0.1, 0.15) is 0 Å². The Balaban J connectivity index is 1.89. The van der Waals surface area contributed by atoms with Gasteiger partial charge in [-0.05, 0) is 0 Å². The van der Waals surface area contributed by atoms with Gasteiger partial charge in [0.1, 0.15) is 49.3 Å². The zero-order valence-corrected chi connectivity index (χ0v) is 14.3. The molecule has 0 aliphatic carbocycles. The molecule has 0 aromatic heterocycles. The van der Waals surface area contributed by atoms with E-state index in [1.165, 1.54) is 0 Å². The molecule has 0 radical (unpaired) electrons. The van der Waals surface area contributed by atoms with E-state index in [9.17, 15) is 43.9 Å². The van der Waals surface area contributed by atoms with Crippen LogP contribution in [0.5, 0.6) is 0 Å². The van der Waals surface area contributed by atoms with Crippen LogP contribution >= 0.6 is 0 Å². The van der Waals surface area contributed by atoms with Gasteiger partial charge >= 0.3 is 16.4 Å². The lowest BCUT2D eigenvalue weighted by atomic mass is 9.99. The highest BCUT2D eigenvalue weighted by molar-refractivity contribution is 7.80. The van der Waals surface area contributed by atoms with Crippen molar-refractivity contribution in [1.29, 1.82) is 0 Å². The van der Waals surface area contributed by atoms with E-state index in [1.54, 1.807) is 0 Å². The molecule has 0 aromatic rings. The molecular weight excluding hydrogens is 400 g/mol. The van der Waals surface area contributed by atoms with E-state index in [1.807, 2.05) is 0 Å². The van der Waals surface area contributed by atoms with Crippen LogP contribution in [0.4, 0.5) is 0 Å². The summed E-state index contributed by atoms with van der Waals surface area (Å²) < 4.78 is 48.1. The summed E-state index contributed by atoms with van der Waals surface area (Å²) in [5.41, 5.74) is 0. The Morgan fingerprint density at radius 1 is 0.815 bits per heavy atom. The van der Waals surface area contributed by atoms with E-state index in [2.05, 4.69) is 8.92 Å². The predicted octanol–water partition coefficient (Wildman–Crippen LogP) is -5.36. The lowest BCUT2D eigenvalue weighted by Gasteiger charge is -2.37. The fourth-order valence-electron chi connectivity index (χ4n) is 2.56. The molecule has 2 fully saturated rings. The zero-order valence-electron chi connectivity index (χ0n) is 13.5.